The Bertz CT molecular complexity index is 654. The second-order valence-corrected chi connectivity index (χ2v) is 4.54. The van der Waals surface area contributed by atoms with Crippen molar-refractivity contribution >= 4 is 17.3 Å². The molecule has 0 unspecified atom stereocenters. The van der Waals surface area contributed by atoms with Gasteiger partial charge in [-0.25, -0.2) is 8.78 Å². The summed E-state index contributed by atoms with van der Waals surface area (Å²) in [5, 5.41) is 0. The average Bonchev–Trinajstić information content (AvgIpc) is 2.42. The minimum Gasteiger partial charge on any atom is -0.399 e. The average molecular weight is 276 g/mol. The van der Waals surface area contributed by atoms with Crippen molar-refractivity contribution in [3.8, 4) is 0 Å². The van der Waals surface area contributed by atoms with E-state index >= 15 is 0 Å². The number of benzene rings is 2. The molecule has 2 aromatic rings. The van der Waals surface area contributed by atoms with Crippen LogP contribution in [0.4, 0.5) is 20.2 Å². The molecule has 0 aliphatic rings. The highest BCUT2D eigenvalue weighted by molar-refractivity contribution is 6.06. The Morgan fingerprint density at radius 1 is 1.10 bits per heavy atom. The van der Waals surface area contributed by atoms with E-state index in [1.807, 2.05) is 0 Å². The maximum atomic E-state index is 13.7. The molecule has 0 saturated heterocycles. The van der Waals surface area contributed by atoms with Crippen molar-refractivity contribution in [2.75, 3.05) is 17.7 Å². The van der Waals surface area contributed by atoms with Crippen LogP contribution in [0.3, 0.4) is 0 Å². The summed E-state index contributed by atoms with van der Waals surface area (Å²) < 4.78 is 26.9. The smallest absolute Gasteiger partial charge is 0.260 e. The summed E-state index contributed by atoms with van der Waals surface area (Å²) in [5.41, 5.74) is 6.77. The second-order valence-electron chi connectivity index (χ2n) is 4.54. The Labute approximate surface area is 115 Å². The van der Waals surface area contributed by atoms with E-state index in [0.29, 0.717) is 11.4 Å². The number of nitrogen functional groups attached to an aromatic ring is 1. The first-order valence-corrected chi connectivity index (χ1v) is 5.99. The first-order chi connectivity index (χ1) is 9.40. The van der Waals surface area contributed by atoms with Crippen LogP contribution in [0.1, 0.15) is 15.9 Å². The summed E-state index contributed by atoms with van der Waals surface area (Å²) in [6.45, 7) is 1.48. The maximum absolute atomic E-state index is 13.7. The van der Waals surface area contributed by atoms with Crippen molar-refractivity contribution < 1.29 is 13.6 Å². The molecule has 2 aromatic carbocycles. The molecule has 2 N–H and O–H groups in total. The van der Waals surface area contributed by atoms with Crippen molar-refractivity contribution in [3.63, 3.8) is 0 Å². The Kier molecular flexibility index (Phi) is 3.70. The van der Waals surface area contributed by atoms with Gasteiger partial charge in [0.15, 0.2) is 0 Å². The van der Waals surface area contributed by atoms with Gasteiger partial charge in [0.1, 0.15) is 11.6 Å². The number of hydrogen-bond donors (Lipinski definition) is 1. The van der Waals surface area contributed by atoms with E-state index in [1.54, 1.807) is 24.3 Å². The molecule has 0 bridgehead atoms. The molecule has 20 heavy (non-hydrogen) atoms. The second kappa shape index (κ2) is 5.28. The highest BCUT2D eigenvalue weighted by Crippen LogP contribution is 2.20. The number of halogens is 2. The molecule has 0 aliphatic carbocycles. The zero-order valence-electron chi connectivity index (χ0n) is 11.2. The highest BCUT2D eigenvalue weighted by atomic mass is 19.1. The summed E-state index contributed by atoms with van der Waals surface area (Å²) in [7, 11) is 1.52. The molecular formula is C15H14F2N2O. The number of carbonyl (C=O) groups excluding carboxylic acids is 1. The molecule has 0 spiro atoms. The molecule has 0 aromatic heterocycles. The largest absolute Gasteiger partial charge is 0.399 e. The summed E-state index contributed by atoms with van der Waals surface area (Å²) >= 11 is 0. The van der Waals surface area contributed by atoms with E-state index in [-0.39, 0.29) is 11.1 Å². The third kappa shape index (κ3) is 2.61. The van der Waals surface area contributed by atoms with E-state index < -0.39 is 17.5 Å². The van der Waals surface area contributed by atoms with Crippen LogP contribution in [0.15, 0.2) is 36.4 Å². The van der Waals surface area contributed by atoms with Crippen LogP contribution in [0, 0.1) is 18.6 Å². The number of hydrogen-bond acceptors (Lipinski definition) is 2. The fraction of sp³-hybridized carbons (Fsp3) is 0.133. The van der Waals surface area contributed by atoms with E-state index in [0.717, 1.165) is 6.07 Å². The Hall–Kier alpha value is -2.43. The van der Waals surface area contributed by atoms with Crippen LogP contribution in [-0.2, 0) is 0 Å². The number of aryl methyl sites for hydroxylation is 1. The number of nitrogens with zero attached hydrogens (tertiary/aromatic N) is 1. The minimum atomic E-state index is -0.875. The maximum Gasteiger partial charge on any atom is 0.260 e. The van der Waals surface area contributed by atoms with E-state index in [2.05, 4.69) is 0 Å². The molecule has 0 fully saturated rings. The van der Waals surface area contributed by atoms with E-state index in [9.17, 15) is 13.6 Å². The fourth-order valence-electron chi connectivity index (χ4n) is 1.82. The monoisotopic (exact) mass is 276 g/mol. The predicted molar refractivity (Wildman–Crippen MR) is 74.7 cm³/mol. The highest BCUT2D eigenvalue weighted by Gasteiger charge is 2.19. The van der Waals surface area contributed by atoms with Crippen LogP contribution in [0.25, 0.3) is 0 Å². The van der Waals surface area contributed by atoms with E-state index in [1.165, 1.54) is 24.9 Å². The van der Waals surface area contributed by atoms with Gasteiger partial charge in [-0.05, 0) is 42.8 Å². The third-order valence-electron chi connectivity index (χ3n) is 3.06. The van der Waals surface area contributed by atoms with Crippen LogP contribution >= 0.6 is 0 Å². The van der Waals surface area contributed by atoms with Gasteiger partial charge in [0.05, 0.1) is 5.56 Å². The molecule has 0 saturated carbocycles. The summed E-state index contributed by atoms with van der Waals surface area (Å²) in [6.07, 6.45) is 0. The molecule has 3 nitrogen and oxygen atoms in total. The van der Waals surface area contributed by atoms with Crippen molar-refractivity contribution in [1.82, 2.24) is 0 Å². The number of nitrogens with two attached hydrogens (primary N) is 1. The third-order valence-corrected chi connectivity index (χ3v) is 3.06. The number of anilines is 2. The number of amides is 1. The molecule has 0 atom stereocenters. The number of rotatable bonds is 2. The lowest BCUT2D eigenvalue weighted by Crippen LogP contribution is -2.27. The molecule has 104 valence electrons. The van der Waals surface area contributed by atoms with Crippen molar-refractivity contribution in [2.24, 2.45) is 0 Å². The molecule has 1 amide bonds. The fourth-order valence-corrected chi connectivity index (χ4v) is 1.82. The predicted octanol–water partition coefficient (Wildman–Crippen LogP) is 3.13. The van der Waals surface area contributed by atoms with Gasteiger partial charge in [-0.3, -0.25) is 4.79 Å². The molecule has 5 heteroatoms. The molecular weight excluding hydrogens is 262 g/mol. The van der Waals surface area contributed by atoms with Crippen LogP contribution < -0.4 is 10.6 Å². The van der Waals surface area contributed by atoms with Crippen molar-refractivity contribution in [1.29, 1.82) is 0 Å². The summed E-state index contributed by atoms with van der Waals surface area (Å²) in [6, 6.07) is 8.53. The Balaban J connectivity index is 2.36. The molecule has 0 heterocycles. The lowest BCUT2D eigenvalue weighted by atomic mass is 10.1. The lowest BCUT2D eigenvalue weighted by Gasteiger charge is -2.18. The zero-order valence-corrected chi connectivity index (χ0v) is 11.2. The van der Waals surface area contributed by atoms with Gasteiger partial charge in [-0.15, -0.1) is 0 Å². The van der Waals surface area contributed by atoms with Crippen LogP contribution in [0.5, 0.6) is 0 Å². The number of carbonyl (C=O) groups is 1. The first-order valence-electron chi connectivity index (χ1n) is 5.99. The van der Waals surface area contributed by atoms with Crippen molar-refractivity contribution in [3.05, 3.63) is 59.2 Å². The van der Waals surface area contributed by atoms with Gasteiger partial charge < -0.3 is 10.6 Å². The quantitative estimate of drug-likeness (QED) is 0.856. The zero-order chi connectivity index (χ0) is 14.9. The minimum absolute atomic E-state index is 0.164. The Morgan fingerprint density at radius 3 is 2.30 bits per heavy atom. The summed E-state index contributed by atoms with van der Waals surface area (Å²) in [5.74, 6) is -2.09. The van der Waals surface area contributed by atoms with Crippen LogP contribution in [-0.4, -0.2) is 13.0 Å². The van der Waals surface area contributed by atoms with Gasteiger partial charge >= 0.3 is 0 Å². The Morgan fingerprint density at radius 2 is 1.70 bits per heavy atom. The van der Waals surface area contributed by atoms with Gasteiger partial charge in [0, 0.05) is 24.5 Å². The van der Waals surface area contributed by atoms with Crippen molar-refractivity contribution in [2.45, 2.75) is 6.92 Å². The van der Waals surface area contributed by atoms with E-state index in [4.69, 9.17) is 5.73 Å². The first kappa shape index (κ1) is 14.0. The molecule has 0 aliphatic heterocycles. The SMILES string of the molecule is Cc1cc(C(=O)N(C)c2ccc(N)cc2)c(F)cc1F. The normalized spacial score (nSPS) is 10.4. The lowest BCUT2D eigenvalue weighted by molar-refractivity contribution is 0.0989. The van der Waals surface area contributed by atoms with Gasteiger partial charge in [-0.1, -0.05) is 0 Å². The van der Waals surface area contributed by atoms with Gasteiger partial charge in [-0.2, -0.15) is 0 Å². The van der Waals surface area contributed by atoms with Gasteiger partial charge in [0.2, 0.25) is 0 Å². The molecule has 2 rings (SSSR count). The topological polar surface area (TPSA) is 46.3 Å². The standard InChI is InChI=1S/C15H14F2N2O/c1-9-7-12(14(17)8-13(9)16)15(20)19(2)11-5-3-10(18)4-6-11/h3-8H,18H2,1-2H3. The van der Waals surface area contributed by atoms with Gasteiger partial charge in [0.25, 0.3) is 5.91 Å². The van der Waals surface area contributed by atoms with Crippen LogP contribution in [0.2, 0.25) is 0 Å². The molecule has 0 radical (unpaired) electrons. The summed E-state index contributed by atoms with van der Waals surface area (Å²) in [4.78, 5) is 13.5.